The molecule has 4 heteroatoms. The van der Waals surface area contributed by atoms with E-state index in [0.29, 0.717) is 0 Å². The molecule has 0 rings (SSSR count). The summed E-state index contributed by atoms with van der Waals surface area (Å²) < 4.78 is 27.7. The Morgan fingerprint density at radius 3 is 2.58 bits per heavy atom. The molecule has 0 radical (unpaired) electrons. The molecule has 0 aromatic heterocycles. The van der Waals surface area contributed by atoms with Gasteiger partial charge in [0.2, 0.25) is 6.43 Å². The van der Waals surface area contributed by atoms with E-state index in [2.05, 4.69) is 11.3 Å². The van der Waals surface area contributed by atoms with Crippen molar-refractivity contribution in [1.82, 2.24) is 0 Å². The summed E-state index contributed by atoms with van der Waals surface area (Å²) in [5.41, 5.74) is 0.284. The van der Waals surface area contributed by atoms with Crippen LogP contribution in [0.5, 0.6) is 0 Å². The fourth-order valence-corrected chi connectivity index (χ4v) is 0.526. The molecule has 0 unspecified atom stereocenters. The highest BCUT2D eigenvalue weighted by Crippen LogP contribution is 2.03. The van der Waals surface area contributed by atoms with Crippen molar-refractivity contribution in [2.45, 2.75) is 26.2 Å². The van der Waals surface area contributed by atoms with Crippen LogP contribution >= 0.6 is 0 Å². The van der Waals surface area contributed by atoms with Crippen LogP contribution in [0.3, 0.4) is 0 Å². The number of esters is 1. The van der Waals surface area contributed by atoms with Crippen molar-refractivity contribution in [3.8, 4) is 0 Å². The summed E-state index contributed by atoms with van der Waals surface area (Å²) in [6.45, 7) is 4.89. The van der Waals surface area contributed by atoms with Crippen LogP contribution in [0.15, 0.2) is 12.2 Å². The highest BCUT2D eigenvalue weighted by atomic mass is 19.3. The topological polar surface area (TPSA) is 26.3 Å². The largest absolute Gasteiger partial charge is 0.462 e. The van der Waals surface area contributed by atoms with Crippen molar-refractivity contribution in [1.29, 1.82) is 0 Å². The van der Waals surface area contributed by atoms with Crippen molar-refractivity contribution in [3.05, 3.63) is 12.2 Å². The second-order valence-corrected chi connectivity index (χ2v) is 2.45. The van der Waals surface area contributed by atoms with Crippen LogP contribution < -0.4 is 0 Å². The van der Waals surface area contributed by atoms with E-state index in [9.17, 15) is 13.6 Å². The fraction of sp³-hybridized carbons (Fsp3) is 0.625. The smallest absolute Gasteiger partial charge is 0.333 e. The van der Waals surface area contributed by atoms with E-state index in [1.807, 2.05) is 0 Å². The summed E-state index contributed by atoms with van der Waals surface area (Å²) in [4.78, 5) is 10.7. The lowest BCUT2D eigenvalue weighted by atomic mass is 10.3. The van der Waals surface area contributed by atoms with E-state index >= 15 is 0 Å². The van der Waals surface area contributed by atoms with Gasteiger partial charge in [-0.2, -0.15) is 0 Å². The first-order chi connectivity index (χ1) is 5.54. The zero-order chi connectivity index (χ0) is 9.56. The third-order valence-electron chi connectivity index (χ3n) is 1.15. The Balaban J connectivity index is 3.32. The molecule has 0 spiro atoms. The number of halogens is 2. The Morgan fingerprint density at radius 1 is 1.58 bits per heavy atom. The van der Waals surface area contributed by atoms with Gasteiger partial charge in [-0.15, -0.1) is 0 Å². The van der Waals surface area contributed by atoms with Gasteiger partial charge < -0.3 is 4.74 Å². The minimum absolute atomic E-state index is 0.0377. The first-order valence-corrected chi connectivity index (χ1v) is 3.65. The first kappa shape index (κ1) is 11.1. The summed E-state index contributed by atoms with van der Waals surface area (Å²) in [6, 6.07) is 0. The molecule has 0 saturated carbocycles. The Labute approximate surface area is 70.2 Å². The highest BCUT2D eigenvalue weighted by Gasteiger charge is 2.04. The van der Waals surface area contributed by atoms with E-state index in [1.165, 1.54) is 6.92 Å². The average Bonchev–Trinajstić information content (AvgIpc) is 1.97. The summed E-state index contributed by atoms with van der Waals surface area (Å²) in [6.07, 6.45) is -2.37. The molecule has 0 aliphatic rings. The zero-order valence-corrected chi connectivity index (χ0v) is 6.98. The maximum absolute atomic E-state index is 11.6. The van der Waals surface area contributed by atoms with Crippen LogP contribution in [0.2, 0.25) is 0 Å². The number of rotatable bonds is 5. The number of carbonyl (C=O) groups is 1. The van der Waals surface area contributed by atoms with Gasteiger partial charge in [-0.3, -0.25) is 0 Å². The lowest BCUT2D eigenvalue weighted by Crippen LogP contribution is -2.07. The highest BCUT2D eigenvalue weighted by molar-refractivity contribution is 5.86. The van der Waals surface area contributed by atoms with Gasteiger partial charge in [-0.05, 0) is 13.3 Å². The molecule has 0 saturated heterocycles. The van der Waals surface area contributed by atoms with Gasteiger partial charge in [0.05, 0.1) is 6.61 Å². The standard InChI is InChI=1S/C8H12F2O2/c1-6(2)8(11)12-5-3-4-7(9)10/h7H,1,3-5H2,2H3. The predicted octanol–water partition coefficient (Wildman–Crippen LogP) is 2.15. The number of alkyl halides is 2. The van der Waals surface area contributed by atoms with Crippen molar-refractivity contribution < 1.29 is 18.3 Å². The number of hydrogen-bond donors (Lipinski definition) is 0. The molecule has 12 heavy (non-hydrogen) atoms. The molecule has 0 aliphatic heterocycles. The quantitative estimate of drug-likeness (QED) is 0.366. The minimum Gasteiger partial charge on any atom is -0.462 e. The SMILES string of the molecule is C=C(C)C(=O)OCCCC(F)F. The van der Waals surface area contributed by atoms with Crippen LogP contribution in [-0.2, 0) is 9.53 Å². The Bertz CT molecular complexity index is 166. The molecule has 70 valence electrons. The van der Waals surface area contributed by atoms with Crippen molar-refractivity contribution >= 4 is 5.97 Å². The van der Waals surface area contributed by atoms with Crippen LogP contribution in [0.25, 0.3) is 0 Å². The van der Waals surface area contributed by atoms with Gasteiger partial charge in [-0.1, -0.05) is 6.58 Å². The van der Waals surface area contributed by atoms with Gasteiger partial charge in [0.25, 0.3) is 0 Å². The molecule has 0 atom stereocenters. The van der Waals surface area contributed by atoms with Crippen LogP contribution in [-0.4, -0.2) is 19.0 Å². The summed E-state index contributed by atoms with van der Waals surface area (Å²) >= 11 is 0. The van der Waals surface area contributed by atoms with E-state index in [4.69, 9.17) is 0 Å². The Morgan fingerprint density at radius 2 is 2.17 bits per heavy atom. The molecular weight excluding hydrogens is 166 g/mol. The fourth-order valence-electron chi connectivity index (χ4n) is 0.526. The molecule has 0 amide bonds. The maximum Gasteiger partial charge on any atom is 0.333 e. The van der Waals surface area contributed by atoms with Crippen LogP contribution in [0.1, 0.15) is 19.8 Å². The van der Waals surface area contributed by atoms with Gasteiger partial charge in [0.15, 0.2) is 0 Å². The zero-order valence-electron chi connectivity index (χ0n) is 6.98. The van der Waals surface area contributed by atoms with Crippen LogP contribution in [0, 0.1) is 0 Å². The van der Waals surface area contributed by atoms with Crippen molar-refractivity contribution in [3.63, 3.8) is 0 Å². The summed E-state index contributed by atoms with van der Waals surface area (Å²) in [5, 5.41) is 0. The molecule has 0 aromatic carbocycles. The average molecular weight is 178 g/mol. The van der Waals surface area contributed by atoms with Gasteiger partial charge >= 0.3 is 5.97 Å². The molecule has 2 nitrogen and oxygen atoms in total. The minimum atomic E-state index is -2.33. The molecule has 0 bridgehead atoms. The first-order valence-electron chi connectivity index (χ1n) is 3.65. The third kappa shape index (κ3) is 5.82. The Kier molecular flexibility index (Phi) is 5.25. The van der Waals surface area contributed by atoms with Crippen molar-refractivity contribution in [2.24, 2.45) is 0 Å². The second-order valence-electron chi connectivity index (χ2n) is 2.45. The lowest BCUT2D eigenvalue weighted by molar-refractivity contribution is -0.139. The lowest BCUT2D eigenvalue weighted by Gasteiger charge is -2.02. The second kappa shape index (κ2) is 5.69. The van der Waals surface area contributed by atoms with E-state index < -0.39 is 12.4 Å². The number of hydrogen-bond acceptors (Lipinski definition) is 2. The monoisotopic (exact) mass is 178 g/mol. The molecule has 0 fully saturated rings. The van der Waals surface area contributed by atoms with Gasteiger partial charge in [0.1, 0.15) is 0 Å². The van der Waals surface area contributed by atoms with E-state index in [1.54, 1.807) is 0 Å². The van der Waals surface area contributed by atoms with Gasteiger partial charge in [-0.25, -0.2) is 13.6 Å². The third-order valence-corrected chi connectivity index (χ3v) is 1.15. The molecular formula is C8H12F2O2. The predicted molar refractivity (Wildman–Crippen MR) is 41.0 cm³/mol. The van der Waals surface area contributed by atoms with Crippen LogP contribution in [0.4, 0.5) is 8.78 Å². The number of ether oxygens (including phenoxy) is 1. The van der Waals surface area contributed by atoms with Crippen molar-refractivity contribution in [2.75, 3.05) is 6.61 Å². The summed E-state index contributed by atoms with van der Waals surface area (Å²) in [7, 11) is 0. The molecule has 0 N–H and O–H groups in total. The molecule has 0 heterocycles. The Hall–Kier alpha value is -0.930. The van der Waals surface area contributed by atoms with E-state index in [-0.39, 0.29) is 25.0 Å². The molecule has 0 aliphatic carbocycles. The normalized spacial score (nSPS) is 10.0. The number of carbonyl (C=O) groups excluding carboxylic acids is 1. The molecule has 0 aromatic rings. The van der Waals surface area contributed by atoms with E-state index in [0.717, 1.165) is 0 Å². The maximum atomic E-state index is 11.6. The summed E-state index contributed by atoms with van der Waals surface area (Å²) in [5.74, 6) is -0.524. The van der Waals surface area contributed by atoms with Gasteiger partial charge in [0, 0.05) is 12.0 Å².